The summed E-state index contributed by atoms with van der Waals surface area (Å²) < 4.78 is 19.8. The maximum atomic E-state index is 12.3. The largest absolute Gasteiger partial charge is 0.486 e. The molecular formula is C24H25N3O4. The highest BCUT2D eigenvalue weighted by Crippen LogP contribution is 2.39. The lowest BCUT2D eigenvalue weighted by molar-refractivity contribution is 0.0916. The predicted octanol–water partition coefficient (Wildman–Crippen LogP) is 3.35. The summed E-state index contributed by atoms with van der Waals surface area (Å²) in [5, 5.41) is 2.98. The van der Waals surface area contributed by atoms with Crippen molar-refractivity contribution < 1.29 is 18.7 Å². The van der Waals surface area contributed by atoms with Crippen molar-refractivity contribution in [2.45, 2.75) is 38.0 Å². The van der Waals surface area contributed by atoms with E-state index in [1.165, 1.54) is 5.69 Å². The molecule has 1 atom stereocenters. The summed E-state index contributed by atoms with van der Waals surface area (Å²) in [5.41, 5.74) is 2.39. The number of fused-ring (bicyclic) bond motifs is 2. The number of aromatic nitrogens is 1. The molecule has 7 nitrogen and oxygen atoms in total. The summed E-state index contributed by atoms with van der Waals surface area (Å²) in [6.07, 6.45) is 4.25. The van der Waals surface area contributed by atoms with Crippen molar-refractivity contribution in [1.82, 2.24) is 14.8 Å². The van der Waals surface area contributed by atoms with Gasteiger partial charge in [-0.2, -0.15) is 0 Å². The molecule has 1 saturated carbocycles. The second-order valence-electron chi connectivity index (χ2n) is 8.42. The van der Waals surface area contributed by atoms with Gasteiger partial charge < -0.3 is 23.8 Å². The number of ether oxygens (including phenoxy) is 2. The second-order valence-corrected chi connectivity index (χ2v) is 8.42. The van der Waals surface area contributed by atoms with Crippen LogP contribution in [0.15, 0.2) is 53.1 Å². The standard InChI is InChI=1S/C24H25N3O4/c28-24(25-17-4-5-17)21-8-6-18(31-21)15-27-11-10-26-9-1-2-19(26)23(27)16-3-7-20-22(14-16)30-13-12-29-20/h1-3,6-9,14,17,23H,4-5,10-13,15H2,(H,25,28). The van der Waals surface area contributed by atoms with E-state index in [2.05, 4.69) is 45.2 Å². The lowest BCUT2D eigenvalue weighted by Gasteiger charge is -2.37. The number of carbonyl (C=O) groups excluding carboxylic acids is 1. The van der Waals surface area contributed by atoms with Gasteiger partial charge in [-0.1, -0.05) is 6.07 Å². The SMILES string of the molecule is O=C(NC1CC1)c1ccc(CN2CCn3cccc3C2c2ccc3c(c2)OCCO3)o1. The van der Waals surface area contributed by atoms with E-state index in [1.807, 2.05) is 12.1 Å². The summed E-state index contributed by atoms with van der Waals surface area (Å²) >= 11 is 0. The number of rotatable bonds is 5. The molecule has 0 radical (unpaired) electrons. The van der Waals surface area contributed by atoms with Crippen LogP contribution in [0.2, 0.25) is 0 Å². The van der Waals surface area contributed by atoms with E-state index in [9.17, 15) is 4.79 Å². The zero-order valence-corrected chi connectivity index (χ0v) is 17.3. The zero-order chi connectivity index (χ0) is 20.8. The van der Waals surface area contributed by atoms with E-state index < -0.39 is 0 Å². The first kappa shape index (κ1) is 18.6. The zero-order valence-electron chi connectivity index (χ0n) is 17.3. The first-order valence-electron chi connectivity index (χ1n) is 10.9. The van der Waals surface area contributed by atoms with Gasteiger partial charge in [0.1, 0.15) is 19.0 Å². The monoisotopic (exact) mass is 419 g/mol. The van der Waals surface area contributed by atoms with Crippen molar-refractivity contribution in [3.8, 4) is 11.5 Å². The maximum absolute atomic E-state index is 12.3. The van der Waals surface area contributed by atoms with Crippen molar-refractivity contribution in [1.29, 1.82) is 0 Å². The molecule has 2 aromatic heterocycles. The Kier molecular flexibility index (Phi) is 4.49. The van der Waals surface area contributed by atoms with Gasteiger partial charge in [-0.3, -0.25) is 9.69 Å². The van der Waals surface area contributed by atoms with Crippen LogP contribution in [-0.4, -0.2) is 41.2 Å². The Bertz CT molecular complexity index is 1110. The van der Waals surface area contributed by atoms with E-state index >= 15 is 0 Å². The quantitative estimate of drug-likeness (QED) is 0.687. The molecule has 1 aliphatic carbocycles. The van der Waals surface area contributed by atoms with Gasteiger partial charge >= 0.3 is 0 Å². The summed E-state index contributed by atoms with van der Waals surface area (Å²) in [5.74, 6) is 2.65. The number of hydrogen-bond acceptors (Lipinski definition) is 5. The molecule has 0 spiro atoms. The Labute approximate surface area is 180 Å². The molecule has 160 valence electrons. The summed E-state index contributed by atoms with van der Waals surface area (Å²) in [6.45, 7) is 3.57. The van der Waals surface area contributed by atoms with Gasteiger partial charge in [0.25, 0.3) is 5.91 Å². The molecule has 1 aromatic carbocycles. The number of hydrogen-bond donors (Lipinski definition) is 1. The first-order chi connectivity index (χ1) is 15.2. The van der Waals surface area contributed by atoms with Crippen LogP contribution in [0.3, 0.4) is 0 Å². The number of benzene rings is 1. The molecule has 4 heterocycles. The van der Waals surface area contributed by atoms with Crippen LogP contribution in [0.1, 0.15) is 46.5 Å². The van der Waals surface area contributed by atoms with Gasteiger partial charge in [0.05, 0.1) is 12.6 Å². The first-order valence-corrected chi connectivity index (χ1v) is 10.9. The normalized spacial score (nSPS) is 20.3. The fourth-order valence-corrected chi connectivity index (χ4v) is 4.48. The van der Waals surface area contributed by atoms with Crippen molar-refractivity contribution in [3.63, 3.8) is 0 Å². The van der Waals surface area contributed by atoms with Crippen LogP contribution in [0.5, 0.6) is 11.5 Å². The molecule has 1 N–H and O–H groups in total. The van der Waals surface area contributed by atoms with Gasteiger partial charge in [0.15, 0.2) is 17.3 Å². The van der Waals surface area contributed by atoms with Crippen molar-refractivity contribution in [3.05, 3.63) is 71.4 Å². The Hall–Kier alpha value is -3.19. The van der Waals surface area contributed by atoms with Crippen molar-refractivity contribution in [2.75, 3.05) is 19.8 Å². The highest BCUT2D eigenvalue weighted by molar-refractivity contribution is 5.91. The van der Waals surface area contributed by atoms with Gasteiger partial charge in [-0.05, 0) is 54.8 Å². The molecule has 3 aromatic rings. The topological polar surface area (TPSA) is 68.9 Å². The van der Waals surface area contributed by atoms with Crippen molar-refractivity contribution >= 4 is 5.91 Å². The number of nitrogens with zero attached hydrogens (tertiary/aromatic N) is 2. The molecule has 31 heavy (non-hydrogen) atoms. The van der Waals surface area contributed by atoms with Gasteiger partial charge in [0.2, 0.25) is 0 Å². The number of nitrogens with one attached hydrogen (secondary N) is 1. The van der Waals surface area contributed by atoms with E-state index in [0.29, 0.717) is 31.6 Å². The molecule has 7 heteroatoms. The molecule has 0 bridgehead atoms. The molecule has 1 fully saturated rings. The molecule has 2 aliphatic heterocycles. The second kappa shape index (κ2) is 7.50. The van der Waals surface area contributed by atoms with Crippen LogP contribution in [0.25, 0.3) is 0 Å². The Morgan fingerprint density at radius 3 is 2.77 bits per heavy atom. The van der Waals surface area contributed by atoms with Crippen LogP contribution in [0.4, 0.5) is 0 Å². The highest BCUT2D eigenvalue weighted by atomic mass is 16.6. The third-order valence-electron chi connectivity index (χ3n) is 6.18. The summed E-state index contributed by atoms with van der Waals surface area (Å²) in [7, 11) is 0. The number of amides is 1. The van der Waals surface area contributed by atoms with Crippen LogP contribution in [0, 0.1) is 0 Å². The molecular weight excluding hydrogens is 394 g/mol. The molecule has 1 amide bonds. The average molecular weight is 419 g/mol. The van der Waals surface area contributed by atoms with Crippen LogP contribution >= 0.6 is 0 Å². The number of carbonyl (C=O) groups is 1. The fraction of sp³-hybridized carbons (Fsp3) is 0.375. The Morgan fingerprint density at radius 2 is 1.90 bits per heavy atom. The smallest absolute Gasteiger partial charge is 0.287 e. The average Bonchev–Trinajstić information content (AvgIpc) is 3.27. The highest BCUT2D eigenvalue weighted by Gasteiger charge is 2.31. The summed E-state index contributed by atoms with van der Waals surface area (Å²) in [6, 6.07) is 14.5. The molecule has 6 rings (SSSR count). The minimum absolute atomic E-state index is 0.0633. The number of furan rings is 1. The van der Waals surface area contributed by atoms with E-state index in [1.54, 1.807) is 6.07 Å². The third-order valence-corrected chi connectivity index (χ3v) is 6.18. The predicted molar refractivity (Wildman–Crippen MR) is 113 cm³/mol. The molecule has 1 unspecified atom stereocenters. The van der Waals surface area contributed by atoms with Gasteiger partial charge in [-0.25, -0.2) is 0 Å². The van der Waals surface area contributed by atoms with Crippen LogP contribution < -0.4 is 14.8 Å². The molecule has 0 saturated heterocycles. The third kappa shape index (κ3) is 3.59. The minimum Gasteiger partial charge on any atom is -0.486 e. The summed E-state index contributed by atoms with van der Waals surface area (Å²) in [4.78, 5) is 14.7. The minimum atomic E-state index is -0.121. The van der Waals surface area contributed by atoms with E-state index in [4.69, 9.17) is 13.9 Å². The lowest BCUT2D eigenvalue weighted by atomic mass is 9.99. The van der Waals surface area contributed by atoms with Gasteiger partial charge in [-0.15, -0.1) is 0 Å². The van der Waals surface area contributed by atoms with E-state index in [0.717, 1.165) is 48.8 Å². The Balaban J connectivity index is 1.28. The van der Waals surface area contributed by atoms with E-state index in [-0.39, 0.29) is 11.9 Å². The Morgan fingerprint density at radius 1 is 1.03 bits per heavy atom. The lowest BCUT2D eigenvalue weighted by Crippen LogP contribution is -2.37. The van der Waals surface area contributed by atoms with Crippen molar-refractivity contribution in [2.24, 2.45) is 0 Å². The maximum Gasteiger partial charge on any atom is 0.287 e. The van der Waals surface area contributed by atoms with Crippen LogP contribution in [-0.2, 0) is 13.1 Å². The molecule has 3 aliphatic rings. The van der Waals surface area contributed by atoms with Gasteiger partial charge in [0, 0.05) is 31.0 Å². The fourth-order valence-electron chi connectivity index (χ4n) is 4.48.